The minimum Gasteiger partial charge on any atom is -0.497 e. The highest BCUT2D eigenvalue weighted by Crippen LogP contribution is 2.32. The average Bonchev–Trinajstić information content (AvgIpc) is 2.71. The molecule has 0 fully saturated rings. The van der Waals surface area contributed by atoms with Crippen LogP contribution in [-0.4, -0.2) is 32.9 Å². The molecule has 0 spiro atoms. The topological polar surface area (TPSA) is 97.3 Å². The molecule has 0 unspecified atom stereocenters. The summed E-state index contributed by atoms with van der Waals surface area (Å²) < 4.78 is 14.3. The van der Waals surface area contributed by atoms with Gasteiger partial charge in [-0.1, -0.05) is 0 Å². The maximum absolute atomic E-state index is 13.0. The fourth-order valence-corrected chi connectivity index (χ4v) is 3.57. The first-order valence-electron chi connectivity index (χ1n) is 8.45. The summed E-state index contributed by atoms with van der Waals surface area (Å²) >= 11 is 0. The van der Waals surface area contributed by atoms with E-state index in [4.69, 9.17) is 9.47 Å². The number of nitrogens with zero attached hydrogens (tertiary/aromatic N) is 4. The molecule has 28 heavy (non-hydrogen) atoms. The second-order valence-electron chi connectivity index (χ2n) is 6.55. The third kappa shape index (κ3) is 2.19. The molecular weight excluding hydrogens is 364 g/mol. The van der Waals surface area contributed by atoms with Crippen LogP contribution in [0, 0.1) is 0 Å². The molecule has 4 aromatic rings. The van der Waals surface area contributed by atoms with Gasteiger partial charge in [-0.15, -0.1) is 0 Å². The van der Waals surface area contributed by atoms with Crippen LogP contribution in [0.2, 0.25) is 0 Å². The average molecular weight is 382 g/mol. The molecule has 0 N–H and O–H groups in total. The summed E-state index contributed by atoms with van der Waals surface area (Å²) in [6, 6.07) is 5.08. The Balaban J connectivity index is 2.38. The van der Waals surface area contributed by atoms with Gasteiger partial charge in [-0.3, -0.25) is 23.3 Å². The van der Waals surface area contributed by atoms with Crippen LogP contribution in [-0.2, 0) is 21.1 Å². The van der Waals surface area contributed by atoms with Gasteiger partial charge in [0, 0.05) is 32.6 Å². The summed E-state index contributed by atoms with van der Waals surface area (Å²) in [6.07, 6.45) is 0. The number of pyridine rings is 2. The van der Waals surface area contributed by atoms with E-state index in [1.165, 1.54) is 44.5 Å². The highest BCUT2D eigenvalue weighted by atomic mass is 16.5. The summed E-state index contributed by atoms with van der Waals surface area (Å²) in [5, 5.41) is 1.11. The quantitative estimate of drug-likeness (QED) is 0.373. The predicted octanol–water partition coefficient (Wildman–Crippen LogP) is 0.654. The Morgan fingerprint density at radius 1 is 0.821 bits per heavy atom. The van der Waals surface area contributed by atoms with Gasteiger partial charge in [0.15, 0.2) is 0 Å². The lowest BCUT2D eigenvalue weighted by atomic mass is 10.1. The molecule has 0 saturated heterocycles. The zero-order chi connectivity index (χ0) is 20.3. The van der Waals surface area contributed by atoms with Crippen LogP contribution in [0.15, 0.2) is 32.6 Å². The fourth-order valence-electron chi connectivity index (χ4n) is 3.57. The third-order valence-electron chi connectivity index (χ3n) is 5.04. The number of rotatable bonds is 2. The second kappa shape index (κ2) is 5.95. The van der Waals surface area contributed by atoms with Gasteiger partial charge >= 0.3 is 5.69 Å². The maximum atomic E-state index is 13.0. The Morgan fingerprint density at radius 2 is 1.54 bits per heavy atom. The Labute approximate surface area is 158 Å². The van der Waals surface area contributed by atoms with Gasteiger partial charge in [-0.25, -0.2) is 9.78 Å². The number of aryl methyl sites for hydroxylation is 2. The van der Waals surface area contributed by atoms with Crippen molar-refractivity contribution in [1.29, 1.82) is 0 Å². The summed E-state index contributed by atoms with van der Waals surface area (Å²) in [4.78, 5) is 42.9. The standard InChI is InChI=1S/C19H18N4O5/c1-21-16-13(18(25)23(3)19(26)22(16)2)15-11(17(21)24)7-9-6-10(27-4)8-12(28-5)14(9)20-15/h6-8H,1-5H3. The summed E-state index contributed by atoms with van der Waals surface area (Å²) in [7, 11) is 7.48. The van der Waals surface area contributed by atoms with Crippen molar-refractivity contribution < 1.29 is 9.47 Å². The van der Waals surface area contributed by atoms with E-state index in [0.717, 1.165) is 4.57 Å². The van der Waals surface area contributed by atoms with Gasteiger partial charge in [-0.05, 0) is 12.1 Å². The number of aromatic nitrogens is 4. The molecule has 0 aliphatic rings. The Bertz CT molecular complexity index is 1480. The van der Waals surface area contributed by atoms with Gasteiger partial charge in [0.2, 0.25) is 0 Å². The Morgan fingerprint density at radius 3 is 2.18 bits per heavy atom. The molecule has 9 nitrogen and oxygen atoms in total. The van der Waals surface area contributed by atoms with E-state index in [-0.39, 0.29) is 27.5 Å². The van der Waals surface area contributed by atoms with Crippen LogP contribution in [0.3, 0.4) is 0 Å². The van der Waals surface area contributed by atoms with E-state index in [1.807, 2.05) is 0 Å². The van der Waals surface area contributed by atoms with E-state index in [9.17, 15) is 14.4 Å². The molecule has 144 valence electrons. The molecule has 4 rings (SSSR count). The molecule has 9 heteroatoms. The molecule has 0 atom stereocenters. The van der Waals surface area contributed by atoms with Crippen molar-refractivity contribution >= 4 is 32.8 Å². The van der Waals surface area contributed by atoms with Crippen LogP contribution in [0.4, 0.5) is 0 Å². The molecule has 0 aliphatic heterocycles. The van der Waals surface area contributed by atoms with E-state index in [1.54, 1.807) is 18.2 Å². The number of benzene rings is 1. The highest BCUT2D eigenvalue weighted by molar-refractivity contribution is 6.06. The van der Waals surface area contributed by atoms with Crippen LogP contribution in [0.5, 0.6) is 11.5 Å². The van der Waals surface area contributed by atoms with Crippen molar-refractivity contribution in [2.24, 2.45) is 21.1 Å². The van der Waals surface area contributed by atoms with E-state index < -0.39 is 11.2 Å². The smallest absolute Gasteiger partial charge is 0.332 e. The zero-order valence-electron chi connectivity index (χ0n) is 16.1. The summed E-state index contributed by atoms with van der Waals surface area (Å²) in [6.45, 7) is 0. The molecule has 1 aromatic carbocycles. The maximum Gasteiger partial charge on any atom is 0.332 e. The molecule has 3 aromatic heterocycles. The minimum atomic E-state index is -0.519. The molecule has 3 heterocycles. The number of hydrogen-bond acceptors (Lipinski definition) is 6. The zero-order valence-corrected chi connectivity index (χ0v) is 16.1. The first-order valence-corrected chi connectivity index (χ1v) is 8.45. The monoisotopic (exact) mass is 382 g/mol. The van der Waals surface area contributed by atoms with Crippen molar-refractivity contribution in [3.8, 4) is 11.5 Å². The number of fused-ring (bicyclic) bond motifs is 4. The molecule has 0 radical (unpaired) electrons. The van der Waals surface area contributed by atoms with E-state index >= 15 is 0 Å². The first-order chi connectivity index (χ1) is 13.3. The lowest BCUT2D eigenvalue weighted by molar-refractivity contribution is 0.397. The first kappa shape index (κ1) is 17.8. The number of hydrogen-bond donors (Lipinski definition) is 0. The van der Waals surface area contributed by atoms with Gasteiger partial charge < -0.3 is 9.47 Å². The SMILES string of the molecule is COc1cc(OC)c2nc3c(cc2c1)c(=O)n(C)c1c3c(=O)n(C)c(=O)n1C. The lowest BCUT2D eigenvalue weighted by Gasteiger charge is -2.14. The van der Waals surface area contributed by atoms with Crippen LogP contribution >= 0.6 is 0 Å². The van der Waals surface area contributed by atoms with Gasteiger partial charge in [0.1, 0.15) is 28.0 Å². The number of methoxy groups -OCH3 is 2. The molecule has 0 bridgehead atoms. The van der Waals surface area contributed by atoms with Crippen LogP contribution < -0.4 is 26.3 Å². The minimum absolute atomic E-state index is 0.196. The summed E-state index contributed by atoms with van der Waals surface area (Å²) in [5.41, 5.74) is -0.466. The van der Waals surface area contributed by atoms with Gasteiger partial charge in [-0.2, -0.15) is 0 Å². The van der Waals surface area contributed by atoms with Crippen molar-refractivity contribution in [1.82, 2.24) is 18.7 Å². The fraction of sp³-hybridized carbons (Fsp3) is 0.263. The highest BCUT2D eigenvalue weighted by Gasteiger charge is 2.20. The summed E-state index contributed by atoms with van der Waals surface area (Å²) in [5.74, 6) is 1.01. The number of ether oxygens (including phenoxy) is 2. The van der Waals surface area contributed by atoms with Crippen molar-refractivity contribution in [3.05, 3.63) is 49.4 Å². The van der Waals surface area contributed by atoms with Crippen molar-refractivity contribution in [2.75, 3.05) is 14.2 Å². The van der Waals surface area contributed by atoms with Crippen molar-refractivity contribution in [2.45, 2.75) is 0 Å². The second-order valence-corrected chi connectivity index (χ2v) is 6.55. The van der Waals surface area contributed by atoms with E-state index in [0.29, 0.717) is 22.4 Å². The molecule has 0 saturated carbocycles. The van der Waals surface area contributed by atoms with E-state index in [2.05, 4.69) is 4.98 Å². The molecule has 0 amide bonds. The lowest BCUT2D eigenvalue weighted by Crippen LogP contribution is -2.39. The Kier molecular flexibility index (Phi) is 3.77. The van der Waals surface area contributed by atoms with Crippen LogP contribution in [0.25, 0.3) is 32.8 Å². The molecular formula is C19H18N4O5. The normalized spacial score (nSPS) is 11.5. The van der Waals surface area contributed by atoms with Gasteiger partial charge in [0.05, 0.1) is 25.1 Å². The van der Waals surface area contributed by atoms with Gasteiger partial charge in [0.25, 0.3) is 11.1 Å². The Hall–Kier alpha value is -3.62. The molecule has 0 aliphatic carbocycles. The largest absolute Gasteiger partial charge is 0.497 e. The third-order valence-corrected chi connectivity index (χ3v) is 5.04. The van der Waals surface area contributed by atoms with Crippen LogP contribution in [0.1, 0.15) is 0 Å². The van der Waals surface area contributed by atoms with Crippen molar-refractivity contribution in [3.63, 3.8) is 0 Å². The predicted molar refractivity (Wildman–Crippen MR) is 106 cm³/mol.